The van der Waals surface area contributed by atoms with Crippen LogP contribution in [0.3, 0.4) is 0 Å². The number of piperazine rings is 1. The van der Waals surface area contributed by atoms with Crippen LogP contribution < -0.4 is 0 Å². The van der Waals surface area contributed by atoms with Crippen LogP contribution in [0.1, 0.15) is 34.3 Å². The fraction of sp³-hybridized carbons (Fsp3) is 0.333. The van der Waals surface area contributed by atoms with Crippen molar-refractivity contribution < 1.29 is 28.3 Å². The highest BCUT2D eigenvalue weighted by Crippen LogP contribution is 2.33. The minimum absolute atomic E-state index is 0.00191. The van der Waals surface area contributed by atoms with E-state index in [1.54, 1.807) is 46.2 Å². The summed E-state index contributed by atoms with van der Waals surface area (Å²) in [7, 11) is 0. The molecule has 8 nitrogen and oxygen atoms in total. The van der Waals surface area contributed by atoms with Gasteiger partial charge in [-0.1, -0.05) is 24.3 Å². The average Bonchev–Trinajstić information content (AvgIpc) is 3.53. The second-order valence-electron chi connectivity index (χ2n) is 9.14. The first-order chi connectivity index (χ1) is 17.9. The van der Waals surface area contributed by atoms with Crippen LogP contribution in [0.25, 0.3) is 6.08 Å². The first kappa shape index (κ1) is 25.2. The molecule has 3 aliphatic rings. The Morgan fingerprint density at radius 3 is 2.51 bits per heavy atom. The van der Waals surface area contributed by atoms with Gasteiger partial charge in [0.15, 0.2) is 0 Å². The highest BCUT2D eigenvalue weighted by molar-refractivity contribution is 8.18. The van der Waals surface area contributed by atoms with Gasteiger partial charge in [-0.3, -0.25) is 24.1 Å². The van der Waals surface area contributed by atoms with Crippen LogP contribution in [0.4, 0.5) is 9.18 Å². The van der Waals surface area contributed by atoms with Crippen molar-refractivity contribution in [2.24, 2.45) is 0 Å². The summed E-state index contributed by atoms with van der Waals surface area (Å²) in [5.74, 6) is -1.04. The molecule has 2 aromatic rings. The van der Waals surface area contributed by atoms with Crippen LogP contribution in [0.5, 0.6) is 0 Å². The van der Waals surface area contributed by atoms with E-state index in [1.807, 2.05) is 0 Å². The lowest BCUT2D eigenvalue weighted by Crippen LogP contribution is -2.52. The molecular weight excluding hydrogens is 497 g/mol. The molecule has 0 aromatic heterocycles. The van der Waals surface area contributed by atoms with E-state index >= 15 is 0 Å². The van der Waals surface area contributed by atoms with E-state index in [-0.39, 0.29) is 29.4 Å². The number of hydrogen-bond donors (Lipinski definition) is 0. The number of amides is 4. The quantitative estimate of drug-likeness (QED) is 0.558. The van der Waals surface area contributed by atoms with E-state index < -0.39 is 17.0 Å². The molecule has 0 N–H and O–H groups in total. The number of benzene rings is 2. The van der Waals surface area contributed by atoms with E-state index in [0.29, 0.717) is 49.5 Å². The van der Waals surface area contributed by atoms with Gasteiger partial charge in [-0.05, 0) is 66.1 Å². The molecule has 0 radical (unpaired) electrons. The average molecular weight is 524 g/mol. The van der Waals surface area contributed by atoms with Crippen molar-refractivity contribution >= 4 is 40.8 Å². The Kier molecular flexibility index (Phi) is 7.38. The van der Waals surface area contributed by atoms with E-state index in [9.17, 15) is 23.6 Å². The standard InChI is InChI=1S/C27H26FN3O5S/c28-21-7-2-5-19(15-21)17-31-26(34)23(37-27(31)35)16-18-4-1-6-20(14-18)24(32)29-9-11-30(12-10-29)25(33)22-8-3-13-36-22/h1-2,4-7,14-16,22H,3,8-13,17H2/b23-16-/t22-/m0/s1. The molecule has 5 rings (SSSR count). The third-order valence-corrected chi connectivity index (χ3v) is 7.53. The minimum Gasteiger partial charge on any atom is -0.368 e. The maximum atomic E-state index is 13.5. The second kappa shape index (κ2) is 10.9. The zero-order valence-electron chi connectivity index (χ0n) is 20.1. The van der Waals surface area contributed by atoms with Crippen molar-refractivity contribution in [3.63, 3.8) is 0 Å². The molecule has 0 aliphatic carbocycles. The van der Waals surface area contributed by atoms with Gasteiger partial charge in [-0.15, -0.1) is 0 Å². The summed E-state index contributed by atoms with van der Waals surface area (Å²) in [5.41, 5.74) is 1.61. The van der Waals surface area contributed by atoms with Crippen LogP contribution in [0, 0.1) is 5.82 Å². The number of imide groups is 1. The van der Waals surface area contributed by atoms with Gasteiger partial charge in [-0.2, -0.15) is 0 Å². The predicted octanol–water partition coefficient (Wildman–Crippen LogP) is 3.53. The number of carbonyl (C=O) groups is 4. The number of ether oxygens (including phenoxy) is 1. The largest absolute Gasteiger partial charge is 0.368 e. The van der Waals surface area contributed by atoms with Crippen molar-refractivity contribution in [1.29, 1.82) is 0 Å². The smallest absolute Gasteiger partial charge is 0.293 e. The number of nitrogens with zero attached hydrogens (tertiary/aromatic N) is 3. The first-order valence-corrected chi connectivity index (χ1v) is 13.0. The van der Waals surface area contributed by atoms with E-state index in [4.69, 9.17) is 4.74 Å². The summed E-state index contributed by atoms with van der Waals surface area (Å²) in [6, 6.07) is 12.7. The van der Waals surface area contributed by atoms with Crippen LogP contribution in [-0.2, 0) is 20.9 Å². The van der Waals surface area contributed by atoms with E-state index in [2.05, 4.69) is 0 Å². The third kappa shape index (κ3) is 5.60. The molecule has 0 bridgehead atoms. The molecule has 1 atom stereocenters. The lowest BCUT2D eigenvalue weighted by atomic mass is 10.1. The van der Waals surface area contributed by atoms with Crippen molar-refractivity contribution in [2.45, 2.75) is 25.5 Å². The Hall–Kier alpha value is -3.50. The van der Waals surface area contributed by atoms with Crippen LogP contribution in [0.15, 0.2) is 53.4 Å². The van der Waals surface area contributed by atoms with Crippen molar-refractivity contribution in [3.8, 4) is 0 Å². The summed E-state index contributed by atoms with van der Waals surface area (Å²) in [6.45, 7) is 2.39. The lowest BCUT2D eigenvalue weighted by Gasteiger charge is -2.35. The SMILES string of the molecule is O=C(c1cccc(/C=C2\SC(=O)N(Cc3cccc(F)c3)C2=O)c1)N1CCN(C(=O)[C@@H]2CCCO2)CC1. The molecule has 4 amide bonds. The van der Waals surface area contributed by atoms with Gasteiger partial charge in [0.1, 0.15) is 11.9 Å². The zero-order valence-corrected chi connectivity index (χ0v) is 20.9. The Balaban J connectivity index is 1.23. The monoisotopic (exact) mass is 523 g/mol. The van der Waals surface area contributed by atoms with Gasteiger partial charge in [-0.25, -0.2) is 4.39 Å². The Bertz CT molecular complexity index is 1270. The van der Waals surface area contributed by atoms with Gasteiger partial charge in [0.05, 0.1) is 11.4 Å². The third-order valence-electron chi connectivity index (χ3n) is 6.62. The molecule has 0 saturated carbocycles. The van der Waals surface area contributed by atoms with E-state index in [1.165, 1.54) is 18.2 Å². The summed E-state index contributed by atoms with van der Waals surface area (Å²) < 4.78 is 19.0. The number of rotatable bonds is 5. The first-order valence-electron chi connectivity index (χ1n) is 12.2. The zero-order chi connectivity index (χ0) is 25.9. The maximum Gasteiger partial charge on any atom is 0.293 e. The summed E-state index contributed by atoms with van der Waals surface area (Å²) >= 11 is 0.817. The predicted molar refractivity (Wildman–Crippen MR) is 136 cm³/mol. The normalized spacial score (nSPS) is 21.3. The minimum atomic E-state index is -0.456. The van der Waals surface area contributed by atoms with Gasteiger partial charge in [0.25, 0.3) is 23.0 Å². The Morgan fingerprint density at radius 2 is 1.78 bits per heavy atom. The maximum absolute atomic E-state index is 13.5. The van der Waals surface area contributed by atoms with Crippen molar-refractivity contribution in [3.05, 3.63) is 75.9 Å². The molecule has 3 heterocycles. The van der Waals surface area contributed by atoms with Crippen LogP contribution >= 0.6 is 11.8 Å². The number of carbonyl (C=O) groups excluding carboxylic acids is 4. The number of halogens is 1. The molecule has 37 heavy (non-hydrogen) atoms. The van der Waals surface area contributed by atoms with Crippen LogP contribution in [0.2, 0.25) is 0 Å². The number of thioether (sulfide) groups is 1. The van der Waals surface area contributed by atoms with Gasteiger partial charge < -0.3 is 14.5 Å². The molecule has 2 aromatic carbocycles. The molecule has 3 fully saturated rings. The molecule has 3 aliphatic heterocycles. The molecular formula is C27H26FN3O5S. The highest BCUT2D eigenvalue weighted by Gasteiger charge is 2.35. The van der Waals surface area contributed by atoms with Gasteiger partial charge in [0, 0.05) is 38.3 Å². The van der Waals surface area contributed by atoms with Crippen molar-refractivity contribution in [1.82, 2.24) is 14.7 Å². The van der Waals surface area contributed by atoms with Crippen LogP contribution in [-0.4, -0.2) is 76.6 Å². The molecule has 3 saturated heterocycles. The molecule has 0 unspecified atom stereocenters. The van der Waals surface area contributed by atoms with Gasteiger partial charge >= 0.3 is 0 Å². The number of hydrogen-bond acceptors (Lipinski definition) is 6. The Morgan fingerprint density at radius 1 is 1.03 bits per heavy atom. The fourth-order valence-electron chi connectivity index (χ4n) is 4.66. The topological polar surface area (TPSA) is 87.2 Å². The lowest BCUT2D eigenvalue weighted by molar-refractivity contribution is -0.142. The molecule has 192 valence electrons. The molecule has 10 heteroatoms. The second-order valence-corrected chi connectivity index (χ2v) is 10.1. The van der Waals surface area contributed by atoms with E-state index in [0.717, 1.165) is 29.5 Å². The summed E-state index contributed by atoms with van der Waals surface area (Å²) in [4.78, 5) is 55.8. The summed E-state index contributed by atoms with van der Waals surface area (Å²) in [6.07, 6.45) is 2.87. The van der Waals surface area contributed by atoms with Gasteiger partial charge in [0.2, 0.25) is 0 Å². The van der Waals surface area contributed by atoms with Crippen molar-refractivity contribution in [2.75, 3.05) is 32.8 Å². The molecule has 0 spiro atoms. The fourth-order valence-corrected chi connectivity index (χ4v) is 5.49. The summed E-state index contributed by atoms with van der Waals surface area (Å²) in [5, 5.41) is -0.428. The highest BCUT2D eigenvalue weighted by atomic mass is 32.2. The Labute approximate surface area is 218 Å².